The molecule has 0 radical (unpaired) electrons. The summed E-state index contributed by atoms with van der Waals surface area (Å²) in [6, 6.07) is 6.53. The van der Waals surface area contributed by atoms with Crippen molar-refractivity contribution in [2.45, 2.75) is 12.1 Å². The lowest BCUT2D eigenvalue weighted by Crippen LogP contribution is -2.60. The highest BCUT2D eigenvalue weighted by atomic mass is 19.1. The van der Waals surface area contributed by atoms with E-state index in [2.05, 4.69) is 10.00 Å². The second-order valence-corrected chi connectivity index (χ2v) is 7.21. The van der Waals surface area contributed by atoms with Gasteiger partial charge in [-0.15, -0.1) is 0 Å². The Balaban J connectivity index is 1.51. The van der Waals surface area contributed by atoms with Gasteiger partial charge in [-0.2, -0.15) is 5.10 Å². The summed E-state index contributed by atoms with van der Waals surface area (Å²) in [6.45, 7) is 3.51. The van der Waals surface area contributed by atoms with Crippen LogP contribution in [0.1, 0.15) is 5.56 Å². The first kappa shape index (κ1) is 18.1. The Hall–Kier alpha value is -2.29. The first-order valence-corrected chi connectivity index (χ1v) is 9.01. The number of rotatable bonds is 3. The van der Waals surface area contributed by atoms with Gasteiger partial charge in [0.15, 0.2) is 0 Å². The number of hydrogen-bond donors (Lipinski definition) is 0. The standard InChI is InChI=1S/C19H23FN4O3/c1-22-10-17(8-21-22)24-13-19(27-11-18(24)25)12-23(6-7-26-14-19)9-15-2-4-16(20)5-3-15/h2-5,8,10H,6-7,9,11-14H2,1H3/t19-/m1/s1. The predicted octanol–water partition coefficient (Wildman–Crippen LogP) is 1.19. The van der Waals surface area contributed by atoms with Gasteiger partial charge in [0.25, 0.3) is 5.91 Å². The molecule has 8 heteroatoms. The Morgan fingerprint density at radius 2 is 2.07 bits per heavy atom. The third kappa shape index (κ3) is 4.02. The fourth-order valence-corrected chi connectivity index (χ4v) is 3.65. The molecule has 1 atom stereocenters. The van der Waals surface area contributed by atoms with Gasteiger partial charge in [-0.1, -0.05) is 12.1 Å². The average Bonchev–Trinajstić information content (AvgIpc) is 2.99. The van der Waals surface area contributed by atoms with Crippen molar-refractivity contribution in [3.05, 3.63) is 48.0 Å². The van der Waals surface area contributed by atoms with E-state index in [1.165, 1.54) is 12.1 Å². The summed E-state index contributed by atoms with van der Waals surface area (Å²) < 4.78 is 26.6. The molecule has 7 nitrogen and oxygen atoms in total. The smallest absolute Gasteiger partial charge is 0.253 e. The second-order valence-electron chi connectivity index (χ2n) is 7.21. The molecule has 2 saturated heterocycles. The summed E-state index contributed by atoms with van der Waals surface area (Å²) in [6.07, 6.45) is 3.51. The number of hydrogen-bond acceptors (Lipinski definition) is 5. The molecule has 1 aromatic heterocycles. The van der Waals surface area contributed by atoms with E-state index >= 15 is 0 Å². The molecule has 0 bridgehead atoms. The number of anilines is 1. The molecule has 3 heterocycles. The molecular weight excluding hydrogens is 351 g/mol. The van der Waals surface area contributed by atoms with Crippen LogP contribution in [0.2, 0.25) is 0 Å². The summed E-state index contributed by atoms with van der Waals surface area (Å²) in [5, 5.41) is 4.17. The van der Waals surface area contributed by atoms with Gasteiger partial charge in [-0.25, -0.2) is 4.39 Å². The molecule has 1 aromatic carbocycles. The number of halogens is 1. The maximum absolute atomic E-state index is 13.2. The van der Waals surface area contributed by atoms with E-state index in [9.17, 15) is 9.18 Å². The van der Waals surface area contributed by atoms with Crippen LogP contribution in [0.5, 0.6) is 0 Å². The maximum atomic E-state index is 13.2. The normalized spacial score (nSPS) is 24.4. The van der Waals surface area contributed by atoms with E-state index in [0.29, 0.717) is 32.8 Å². The van der Waals surface area contributed by atoms with Gasteiger partial charge in [0, 0.05) is 32.9 Å². The van der Waals surface area contributed by atoms with Crippen LogP contribution >= 0.6 is 0 Å². The zero-order chi connectivity index (χ0) is 18.9. The monoisotopic (exact) mass is 374 g/mol. The number of amides is 1. The molecular formula is C19H23FN4O3. The molecule has 4 rings (SSSR count). The lowest BCUT2D eigenvalue weighted by molar-refractivity contribution is -0.146. The maximum Gasteiger partial charge on any atom is 0.253 e. The van der Waals surface area contributed by atoms with E-state index in [1.807, 2.05) is 13.2 Å². The minimum atomic E-state index is -0.597. The van der Waals surface area contributed by atoms with E-state index in [-0.39, 0.29) is 18.3 Å². The van der Waals surface area contributed by atoms with Gasteiger partial charge in [0.2, 0.25) is 0 Å². The molecule has 0 unspecified atom stereocenters. The second kappa shape index (κ2) is 7.38. The largest absolute Gasteiger partial charge is 0.377 e. The quantitative estimate of drug-likeness (QED) is 0.808. The van der Waals surface area contributed by atoms with E-state index in [4.69, 9.17) is 9.47 Å². The molecule has 2 aromatic rings. The van der Waals surface area contributed by atoms with Gasteiger partial charge in [-0.3, -0.25) is 14.4 Å². The average molecular weight is 374 g/mol. The third-order valence-electron chi connectivity index (χ3n) is 5.00. The van der Waals surface area contributed by atoms with E-state index < -0.39 is 5.60 Å². The number of carbonyl (C=O) groups excluding carboxylic acids is 1. The fourth-order valence-electron chi connectivity index (χ4n) is 3.65. The number of carbonyl (C=O) groups is 1. The van der Waals surface area contributed by atoms with Crippen LogP contribution in [-0.4, -0.2) is 65.6 Å². The molecule has 1 spiro atoms. The molecule has 0 N–H and O–H groups in total. The highest BCUT2D eigenvalue weighted by molar-refractivity contribution is 5.94. The Morgan fingerprint density at radius 1 is 1.26 bits per heavy atom. The summed E-state index contributed by atoms with van der Waals surface area (Å²) in [7, 11) is 1.82. The highest BCUT2D eigenvalue weighted by Gasteiger charge is 2.43. The van der Waals surface area contributed by atoms with Crippen molar-refractivity contribution in [3.8, 4) is 0 Å². The topological polar surface area (TPSA) is 59.8 Å². The lowest BCUT2D eigenvalue weighted by Gasteiger charge is -2.42. The predicted molar refractivity (Wildman–Crippen MR) is 96.7 cm³/mol. The summed E-state index contributed by atoms with van der Waals surface area (Å²) >= 11 is 0. The van der Waals surface area contributed by atoms with Gasteiger partial charge >= 0.3 is 0 Å². The molecule has 0 aliphatic carbocycles. The molecule has 27 heavy (non-hydrogen) atoms. The van der Waals surface area contributed by atoms with Crippen LogP contribution in [0.15, 0.2) is 36.7 Å². The Kier molecular flexibility index (Phi) is 4.94. The van der Waals surface area contributed by atoms with Crippen LogP contribution in [-0.2, 0) is 27.9 Å². The number of aromatic nitrogens is 2. The first-order chi connectivity index (χ1) is 13.0. The number of morpholine rings is 1. The van der Waals surface area contributed by atoms with Gasteiger partial charge in [-0.05, 0) is 17.7 Å². The van der Waals surface area contributed by atoms with Crippen molar-refractivity contribution in [1.29, 1.82) is 0 Å². The Morgan fingerprint density at radius 3 is 2.81 bits per heavy atom. The van der Waals surface area contributed by atoms with Crippen molar-refractivity contribution in [2.75, 3.05) is 44.4 Å². The third-order valence-corrected chi connectivity index (χ3v) is 5.00. The van der Waals surface area contributed by atoms with E-state index in [1.54, 1.807) is 27.9 Å². The number of nitrogens with zero attached hydrogens (tertiary/aromatic N) is 4. The minimum absolute atomic E-state index is 0.0165. The molecule has 2 aliphatic rings. The van der Waals surface area contributed by atoms with Crippen LogP contribution < -0.4 is 4.90 Å². The summed E-state index contributed by atoms with van der Waals surface area (Å²) in [5.41, 5.74) is 1.20. The number of ether oxygens (including phenoxy) is 2. The van der Waals surface area contributed by atoms with Crippen molar-refractivity contribution in [1.82, 2.24) is 14.7 Å². The lowest BCUT2D eigenvalue weighted by atomic mass is 10.0. The van der Waals surface area contributed by atoms with Crippen molar-refractivity contribution >= 4 is 11.6 Å². The Bertz CT molecular complexity index is 810. The molecule has 144 valence electrons. The van der Waals surface area contributed by atoms with Gasteiger partial charge < -0.3 is 14.4 Å². The number of benzene rings is 1. The van der Waals surface area contributed by atoms with Crippen LogP contribution in [0.3, 0.4) is 0 Å². The Labute approximate surface area is 157 Å². The minimum Gasteiger partial charge on any atom is -0.377 e. The summed E-state index contributed by atoms with van der Waals surface area (Å²) in [4.78, 5) is 16.4. The zero-order valence-corrected chi connectivity index (χ0v) is 15.3. The van der Waals surface area contributed by atoms with Gasteiger partial charge in [0.1, 0.15) is 18.0 Å². The molecule has 1 amide bonds. The molecule has 2 fully saturated rings. The van der Waals surface area contributed by atoms with Crippen molar-refractivity contribution < 1.29 is 18.7 Å². The van der Waals surface area contributed by atoms with Crippen molar-refractivity contribution in [3.63, 3.8) is 0 Å². The highest BCUT2D eigenvalue weighted by Crippen LogP contribution is 2.27. The fraction of sp³-hybridized carbons (Fsp3) is 0.474. The molecule has 0 saturated carbocycles. The first-order valence-electron chi connectivity index (χ1n) is 9.01. The van der Waals surface area contributed by atoms with Crippen molar-refractivity contribution in [2.24, 2.45) is 7.05 Å². The summed E-state index contributed by atoms with van der Waals surface area (Å²) in [5.74, 6) is -0.321. The number of aryl methyl sites for hydroxylation is 1. The van der Waals surface area contributed by atoms with Crippen LogP contribution in [0.25, 0.3) is 0 Å². The zero-order valence-electron chi connectivity index (χ0n) is 15.3. The molecule has 2 aliphatic heterocycles. The van der Waals surface area contributed by atoms with Crippen LogP contribution in [0, 0.1) is 5.82 Å². The van der Waals surface area contributed by atoms with E-state index in [0.717, 1.165) is 17.8 Å². The van der Waals surface area contributed by atoms with Crippen LogP contribution in [0.4, 0.5) is 10.1 Å². The SMILES string of the molecule is Cn1cc(N2C[C@]3(COCCN(Cc4ccc(F)cc4)C3)OCC2=O)cn1. The van der Waals surface area contributed by atoms with Gasteiger partial charge in [0.05, 0.1) is 31.6 Å².